The van der Waals surface area contributed by atoms with Gasteiger partial charge in [-0.3, -0.25) is 4.79 Å². The number of aromatic nitrogens is 2. The van der Waals surface area contributed by atoms with Crippen LogP contribution in [0.4, 0.5) is 5.69 Å². The predicted octanol–water partition coefficient (Wildman–Crippen LogP) is 1.98. The molecule has 0 bridgehead atoms. The second-order valence-electron chi connectivity index (χ2n) is 5.58. The lowest BCUT2D eigenvalue weighted by molar-refractivity contribution is 0.365. The topological polar surface area (TPSA) is 64.2 Å². The molecule has 1 aliphatic heterocycles. The van der Waals surface area contributed by atoms with Gasteiger partial charge in [0.25, 0.3) is 5.56 Å². The van der Waals surface area contributed by atoms with Gasteiger partial charge in [0.05, 0.1) is 11.9 Å². The molecule has 5 nitrogen and oxygen atoms in total. The minimum absolute atomic E-state index is 0.0567. The summed E-state index contributed by atoms with van der Waals surface area (Å²) in [6.07, 6.45) is 4.88. The van der Waals surface area contributed by atoms with E-state index < -0.39 is 0 Å². The summed E-state index contributed by atoms with van der Waals surface area (Å²) in [5, 5.41) is 4.28. The third-order valence-electron chi connectivity index (χ3n) is 3.96. The number of anilines is 1. The van der Waals surface area contributed by atoms with Gasteiger partial charge in [0, 0.05) is 25.7 Å². The molecule has 0 saturated carbocycles. The van der Waals surface area contributed by atoms with E-state index in [0.717, 1.165) is 31.5 Å². The van der Waals surface area contributed by atoms with E-state index in [0.29, 0.717) is 29.5 Å². The summed E-state index contributed by atoms with van der Waals surface area (Å²) in [6, 6.07) is 0.290. The Labute approximate surface area is 128 Å². The zero-order valence-electron chi connectivity index (χ0n) is 12.2. The molecule has 1 aromatic rings. The van der Waals surface area contributed by atoms with Crippen LogP contribution in [0.15, 0.2) is 15.5 Å². The van der Waals surface area contributed by atoms with Crippen molar-refractivity contribution < 1.29 is 0 Å². The van der Waals surface area contributed by atoms with Crippen LogP contribution < -0.4 is 16.2 Å². The summed E-state index contributed by atoms with van der Waals surface area (Å²) in [5.41, 5.74) is 6.72. The third kappa shape index (κ3) is 3.06. The molecule has 0 aromatic carbocycles. The average Bonchev–Trinajstić information content (AvgIpc) is 2.45. The molecule has 1 saturated heterocycles. The fourth-order valence-corrected chi connectivity index (χ4v) is 3.35. The minimum atomic E-state index is -0.0567. The van der Waals surface area contributed by atoms with Crippen LogP contribution in [0.2, 0.25) is 0 Å². The number of aryl methyl sites for hydroxylation is 1. The van der Waals surface area contributed by atoms with Crippen LogP contribution in [0.5, 0.6) is 0 Å². The van der Waals surface area contributed by atoms with E-state index in [9.17, 15) is 4.79 Å². The molecule has 2 N–H and O–H groups in total. The molecule has 0 spiro atoms. The molecule has 0 radical (unpaired) electrons. The molecular formula is C14H23BrN4O. The molecule has 2 heterocycles. The van der Waals surface area contributed by atoms with Crippen molar-refractivity contribution in [3.8, 4) is 0 Å². The van der Waals surface area contributed by atoms with Gasteiger partial charge in [-0.1, -0.05) is 13.8 Å². The van der Waals surface area contributed by atoms with Crippen molar-refractivity contribution in [3.05, 3.63) is 21.0 Å². The first-order valence-electron chi connectivity index (χ1n) is 7.30. The third-order valence-corrected chi connectivity index (χ3v) is 4.71. The highest BCUT2D eigenvalue weighted by Crippen LogP contribution is 2.30. The van der Waals surface area contributed by atoms with Gasteiger partial charge in [-0.05, 0) is 41.1 Å². The molecule has 2 rings (SSSR count). The maximum Gasteiger partial charge on any atom is 0.283 e. The molecule has 20 heavy (non-hydrogen) atoms. The SMILES string of the molecule is CCCn1ncc(N2CCC(C)CC2CN)c(Br)c1=O. The van der Waals surface area contributed by atoms with Crippen molar-refractivity contribution >= 4 is 21.6 Å². The molecular weight excluding hydrogens is 320 g/mol. The first kappa shape index (κ1) is 15.5. The number of piperidine rings is 1. The summed E-state index contributed by atoms with van der Waals surface area (Å²) in [5.74, 6) is 0.687. The van der Waals surface area contributed by atoms with Crippen molar-refractivity contribution in [1.29, 1.82) is 0 Å². The van der Waals surface area contributed by atoms with Gasteiger partial charge in [0.2, 0.25) is 0 Å². The first-order chi connectivity index (χ1) is 9.58. The van der Waals surface area contributed by atoms with E-state index in [4.69, 9.17) is 5.73 Å². The van der Waals surface area contributed by atoms with Gasteiger partial charge in [0.15, 0.2) is 0 Å². The second-order valence-corrected chi connectivity index (χ2v) is 6.38. The summed E-state index contributed by atoms with van der Waals surface area (Å²) in [4.78, 5) is 14.5. The molecule has 1 aliphatic rings. The van der Waals surface area contributed by atoms with E-state index in [1.807, 2.05) is 6.92 Å². The monoisotopic (exact) mass is 342 g/mol. The van der Waals surface area contributed by atoms with Gasteiger partial charge < -0.3 is 10.6 Å². The standard InChI is InChI=1S/C14H23BrN4O/c1-3-5-19-14(20)13(15)12(9-17-19)18-6-4-10(2)7-11(18)8-16/h9-11H,3-8,16H2,1-2H3. The van der Waals surface area contributed by atoms with Crippen molar-refractivity contribution in [3.63, 3.8) is 0 Å². The normalized spacial score (nSPS) is 23.1. The Bertz CT molecular complexity index is 516. The smallest absolute Gasteiger partial charge is 0.283 e. The highest BCUT2D eigenvalue weighted by Gasteiger charge is 2.27. The number of halogens is 1. The molecule has 6 heteroatoms. The fraction of sp³-hybridized carbons (Fsp3) is 0.714. The van der Waals surface area contributed by atoms with Crippen LogP contribution in [0.3, 0.4) is 0 Å². The van der Waals surface area contributed by atoms with Gasteiger partial charge >= 0.3 is 0 Å². The van der Waals surface area contributed by atoms with E-state index >= 15 is 0 Å². The van der Waals surface area contributed by atoms with E-state index in [1.54, 1.807) is 6.20 Å². The van der Waals surface area contributed by atoms with Crippen LogP contribution >= 0.6 is 15.9 Å². The summed E-state index contributed by atoms with van der Waals surface area (Å²) >= 11 is 3.45. The zero-order valence-corrected chi connectivity index (χ0v) is 13.8. The largest absolute Gasteiger partial charge is 0.365 e. The number of hydrogen-bond donors (Lipinski definition) is 1. The highest BCUT2D eigenvalue weighted by molar-refractivity contribution is 9.10. The van der Waals surface area contributed by atoms with Crippen molar-refractivity contribution in [2.75, 3.05) is 18.0 Å². The highest BCUT2D eigenvalue weighted by atomic mass is 79.9. The number of rotatable bonds is 4. The lowest BCUT2D eigenvalue weighted by Crippen LogP contribution is -2.47. The Morgan fingerprint density at radius 3 is 2.95 bits per heavy atom. The lowest BCUT2D eigenvalue weighted by Gasteiger charge is -2.39. The molecule has 1 fully saturated rings. The van der Waals surface area contributed by atoms with E-state index in [2.05, 4.69) is 32.9 Å². The average molecular weight is 343 g/mol. The van der Waals surface area contributed by atoms with E-state index in [-0.39, 0.29) is 5.56 Å². The summed E-state index contributed by atoms with van der Waals surface area (Å²) in [7, 11) is 0. The van der Waals surface area contributed by atoms with Crippen LogP contribution in [0.25, 0.3) is 0 Å². The van der Waals surface area contributed by atoms with Gasteiger partial charge in [-0.25, -0.2) is 4.68 Å². The van der Waals surface area contributed by atoms with Crippen molar-refractivity contribution in [2.24, 2.45) is 11.7 Å². The molecule has 0 amide bonds. The maximum atomic E-state index is 12.3. The van der Waals surface area contributed by atoms with Crippen LogP contribution in [0.1, 0.15) is 33.1 Å². The van der Waals surface area contributed by atoms with Crippen LogP contribution in [0, 0.1) is 5.92 Å². The second kappa shape index (κ2) is 6.72. The van der Waals surface area contributed by atoms with E-state index in [1.165, 1.54) is 4.68 Å². The van der Waals surface area contributed by atoms with Crippen molar-refractivity contribution in [2.45, 2.75) is 45.7 Å². The van der Waals surface area contributed by atoms with Gasteiger partial charge in [-0.15, -0.1) is 0 Å². The Hall–Kier alpha value is -0.880. The lowest BCUT2D eigenvalue weighted by atomic mass is 9.92. The maximum absolute atomic E-state index is 12.3. The summed E-state index contributed by atoms with van der Waals surface area (Å²) < 4.78 is 2.12. The molecule has 2 unspecified atom stereocenters. The van der Waals surface area contributed by atoms with Gasteiger partial charge in [-0.2, -0.15) is 5.10 Å². The number of nitrogens with two attached hydrogens (primary N) is 1. The van der Waals surface area contributed by atoms with Crippen LogP contribution in [-0.2, 0) is 6.54 Å². The molecule has 2 atom stereocenters. The fourth-order valence-electron chi connectivity index (χ4n) is 2.82. The minimum Gasteiger partial charge on any atom is -0.365 e. The Morgan fingerprint density at radius 1 is 1.55 bits per heavy atom. The predicted molar refractivity (Wildman–Crippen MR) is 85.1 cm³/mol. The number of hydrogen-bond acceptors (Lipinski definition) is 4. The molecule has 112 valence electrons. The number of nitrogens with zero attached hydrogens (tertiary/aromatic N) is 3. The Balaban J connectivity index is 2.32. The molecule has 0 aliphatic carbocycles. The van der Waals surface area contributed by atoms with Crippen LogP contribution in [-0.4, -0.2) is 28.9 Å². The summed E-state index contributed by atoms with van der Waals surface area (Å²) in [6.45, 7) is 6.48. The zero-order chi connectivity index (χ0) is 14.7. The van der Waals surface area contributed by atoms with Gasteiger partial charge in [0.1, 0.15) is 4.47 Å². The first-order valence-corrected chi connectivity index (χ1v) is 8.10. The quantitative estimate of drug-likeness (QED) is 0.908. The molecule has 1 aromatic heterocycles. The van der Waals surface area contributed by atoms with Crippen molar-refractivity contribution in [1.82, 2.24) is 9.78 Å². The Kier molecular flexibility index (Phi) is 5.21. The Morgan fingerprint density at radius 2 is 2.30 bits per heavy atom.